The molecule has 0 bridgehead atoms. The lowest BCUT2D eigenvalue weighted by atomic mass is 10.0. The Kier molecular flexibility index (Phi) is 7.10. The average Bonchev–Trinajstić information content (AvgIpc) is 3.53. The number of nitrogens with one attached hydrogen (secondary N) is 1. The number of amides is 2. The maximum absolute atomic E-state index is 13.5. The summed E-state index contributed by atoms with van der Waals surface area (Å²) < 4.78 is 5.52. The van der Waals surface area contributed by atoms with E-state index in [4.69, 9.17) is 16.0 Å². The average molecular weight is 457 g/mol. The van der Waals surface area contributed by atoms with Crippen LogP contribution in [-0.2, 0) is 22.6 Å². The number of hydrogen-bond donors (Lipinski definition) is 1. The van der Waals surface area contributed by atoms with Crippen molar-refractivity contribution in [1.82, 2.24) is 10.2 Å². The lowest BCUT2D eigenvalue weighted by Crippen LogP contribution is -2.46. The van der Waals surface area contributed by atoms with Crippen LogP contribution < -0.4 is 5.32 Å². The zero-order chi connectivity index (χ0) is 21.6. The van der Waals surface area contributed by atoms with Gasteiger partial charge in [-0.25, -0.2) is 0 Å². The topological polar surface area (TPSA) is 62.6 Å². The quantitative estimate of drug-likeness (QED) is 0.496. The molecule has 1 atom stereocenters. The van der Waals surface area contributed by atoms with E-state index in [2.05, 4.69) is 5.32 Å². The van der Waals surface area contributed by atoms with Crippen LogP contribution in [0.3, 0.4) is 0 Å². The van der Waals surface area contributed by atoms with E-state index in [1.807, 2.05) is 41.8 Å². The Labute approximate surface area is 191 Å². The van der Waals surface area contributed by atoms with Gasteiger partial charge in [-0.2, -0.15) is 0 Å². The molecule has 0 saturated heterocycles. The first-order valence-electron chi connectivity index (χ1n) is 10.5. The summed E-state index contributed by atoms with van der Waals surface area (Å²) in [6.45, 7) is 0.186. The molecule has 0 spiro atoms. The highest BCUT2D eigenvalue weighted by atomic mass is 35.5. The second-order valence-electron chi connectivity index (χ2n) is 7.77. The van der Waals surface area contributed by atoms with Crippen LogP contribution >= 0.6 is 22.9 Å². The summed E-state index contributed by atoms with van der Waals surface area (Å²) >= 11 is 8.04. The van der Waals surface area contributed by atoms with Gasteiger partial charge in [-0.3, -0.25) is 9.59 Å². The number of furan rings is 1. The van der Waals surface area contributed by atoms with Gasteiger partial charge in [0.2, 0.25) is 11.8 Å². The Bertz CT molecular complexity index is 998. The number of halogens is 1. The molecule has 1 aliphatic carbocycles. The fourth-order valence-corrected chi connectivity index (χ4v) is 4.99. The molecule has 2 aromatic heterocycles. The van der Waals surface area contributed by atoms with E-state index in [9.17, 15) is 9.59 Å². The van der Waals surface area contributed by atoms with Gasteiger partial charge >= 0.3 is 0 Å². The van der Waals surface area contributed by atoms with Crippen LogP contribution in [0, 0.1) is 0 Å². The molecule has 31 heavy (non-hydrogen) atoms. The minimum absolute atomic E-state index is 0.135. The van der Waals surface area contributed by atoms with Gasteiger partial charge in [0.1, 0.15) is 11.8 Å². The summed E-state index contributed by atoms with van der Waals surface area (Å²) in [5.41, 5.74) is 0.616. The summed E-state index contributed by atoms with van der Waals surface area (Å²) in [6.07, 6.45) is 5.92. The highest BCUT2D eigenvalue weighted by molar-refractivity contribution is 7.10. The second kappa shape index (κ2) is 10.2. The van der Waals surface area contributed by atoms with E-state index in [0.29, 0.717) is 16.3 Å². The number of thiophene rings is 1. The Hall–Kier alpha value is -2.57. The molecule has 1 saturated carbocycles. The standard InChI is InChI=1S/C24H25ClN2O3S/c25-21-12-4-3-11-20(21)23(24(29)26-17-7-1-2-8-17)27(16-18-9-5-13-30-18)22(28)15-19-10-6-14-31-19/h3-6,9-14,17,23H,1-2,7-8,15-16H2,(H,26,29)/t23-/m0/s1. The van der Waals surface area contributed by atoms with E-state index in [-0.39, 0.29) is 30.8 Å². The zero-order valence-corrected chi connectivity index (χ0v) is 18.7. The van der Waals surface area contributed by atoms with E-state index < -0.39 is 6.04 Å². The van der Waals surface area contributed by atoms with Gasteiger partial charge in [0, 0.05) is 21.5 Å². The number of hydrogen-bond acceptors (Lipinski definition) is 4. The second-order valence-corrected chi connectivity index (χ2v) is 9.21. The Morgan fingerprint density at radius 2 is 1.94 bits per heavy atom. The van der Waals surface area contributed by atoms with Gasteiger partial charge in [-0.1, -0.05) is 48.7 Å². The Balaban J connectivity index is 1.69. The molecule has 1 aliphatic rings. The van der Waals surface area contributed by atoms with Crippen molar-refractivity contribution in [2.24, 2.45) is 0 Å². The third kappa shape index (κ3) is 5.38. The van der Waals surface area contributed by atoms with Gasteiger partial charge in [0.05, 0.1) is 19.2 Å². The number of benzene rings is 1. The highest BCUT2D eigenvalue weighted by Crippen LogP contribution is 2.31. The third-order valence-corrected chi connectivity index (χ3v) is 6.81. The van der Waals surface area contributed by atoms with Crippen molar-refractivity contribution in [2.45, 2.75) is 50.7 Å². The van der Waals surface area contributed by atoms with Crippen molar-refractivity contribution >= 4 is 34.8 Å². The SMILES string of the molecule is O=C(NC1CCCC1)[C@H](c1ccccc1Cl)N(Cc1ccco1)C(=O)Cc1cccs1. The normalized spacial score (nSPS) is 15.0. The van der Waals surface area contributed by atoms with Crippen molar-refractivity contribution in [2.75, 3.05) is 0 Å². The molecule has 162 valence electrons. The predicted octanol–water partition coefficient (Wildman–Crippen LogP) is 5.37. The van der Waals surface area contributed by atoms with Crippen molar-refractivity contribution in [3.8, 4) is 0 Å². The Morgan fingerprint density at radius 3 is 2.61 bits per heavy atom. The molecule has 2 heterocycles. The van der Waals surface area contributed by atoms with Crippen molar-refractivity contribution in [3.05, 3.63) is 81.4 Å². The van der Waals surface area contributed by atoms with E-state index in [1.54, 1.807) is 23.3 Å². The van der Waals surface area contributed by atoms with Crippen LogP contribution in [0.5, 0.6) is 0 Å². The molecule has 0 unspecified atom stereocenters. The minimum atomic E-state index is -0.841. The first-order chi connectivity index (χ1) is 15.1. The predicted molar refractivity (Wildman–Crippen MR) is 122 cm³/mol. The molecule has 1 N–H and O–H groups in total. The van der Waals surface area contributed by atoms with Crippen LogP contribution in [0.4, 0.5) is 0 Å². The molecule has 1 fully saturated rings. The van der Waals surface area contributed by atoms with Gasteiger partial charge < -0.3 is 14.6 Å². The van der Waals surface area contributed by atoms with Crippen LogP contribution in [0.15, 0.2) is 64.6 Å². The molecule has 0 aliphatic heterocycles. The Morgan fingerprint density at radius 1 is 1.13 bits per heavy atom. The number of nitrogens with zero attached hydrogens (tertiary/aromatic N) is 1. The van der Waals surface area contributed by atoms with Gasteiger partial charge in [0.15, 0.2) is 0 Å². The maximum atomic E-state index is 13.5. The van der Waals surface area contributed by atoms with Crippen LogP contribution in [0.1, 0.15) is 47.9 Å². The summed E-state index contributed by atoms with van der Waals surface area (Å²) in [6, 6.07) is 14.0. The maximum Gasteiger partial charge on any atom is 0.247 e. The molecule has 4 rings (SSSR count). The summed E-state index contributed by atoms with van der Waals surface area (Å²) in [4.78, 5) is 29.5. The first-order valence-corrected chi connectivity index (χ1v) is 11.8. The fourth-order valence-electron chi connectivity index (χ4n) is 4.06. The third-order valence-electron chi connectivity index (χ3n) is 5.59. The molecule has 2 amide bonds. The van der Waals surface area contributed by atoms with E-state index in [1.165, 1.54) is 11.3 Å². The number of carbonyl (C=O) groups excluding carboxylic acids is 2. The molecule has 3 aromatic rings. The molecular formula is C24H25ClN2O3S. The fraction of sp³-hybridized carbons (Fsp3) is 0.333. The van der Waals surface area contributed by atoms with Gasteiger partial charge in [0.25, 0.3) is 0 Å². The van der Waals surface area contributed by atoms with Crippen molar-refractivity contribution in [3.63, 3.8) is 0 Å². The summed E-state index contributed by atoms with van der Waals surface area (Å²) in [5.74, 6) is 0.265. The first kappa shape index (κ1) is 21.7. The zero-order valence-electron chi connectivity index (χ0n) is 17.1. The lowest BCUT2D eigenvalue weighted by Gasteiger charge is -2.32. The smallest absolute Gasteiger partial charge is 0.247 e. The molecule has 1 aromatic carbocycles. The van der Waals surface area contributed by atoms with E-state index in [0.717, 1.165) is 30.6 Å². The number of rotatable bonds is 8. The van der Waals surface area contributed by atoms with Crippen LogP contribution in [0.25, 0.3) is 0 Å². The van der Waals surface area contributed by atoms with Crippen LogP contribution in [0.2, 0.25) is 5.02 Å². The van der Waals surface area contributed by atoms with Crippen LogP contribution in [-0.4, -0.2) is 22.8 Å². The summed E-state index contributed by atoms with van der Waals surface area (Å²) in [7, 11) is 0. The van der Waals surface area contributed by atoms with E-state index >= 15 is 0 Å². The highest BCUT2D eigenvalue weighted by Gasteiger charge is 2.34. The molecular weight excluding hydrogens is 432 g/mol. The summed E-state index contributed by atoms with van der Waals surface area (Å²) in [5, 5.41) is 5.56. The lowest BCUT2D eigenvalue weighted by molar-refractivity contribution is -0.141. The minimum Gasteiger partial charge on any atom is -0.467 e. The van der Waals surface area contributed by atoms with Gasteiger partial charge in [-0.15, -0.1) is 11.3 Å². The number of carbonyl (C=O) groups is 2. The largest absolute Gasteiger partial charge is 0.467 e. The van der Waals surface area contributed by atoms with Crippen molar-refractivity contribution < 1.29 is 14.0 Å². The molecule has 0 radical (unpaired) electrons. The van der Waals surface area contributed by atoms with Gasteiger partial charge in [-0.05, 0) is 42.5 Å². The van der Waals surface area contributed by atoms with Crippen molar-refractivity contribution in [1.29, 1.82) is 0 Å². The monoisotopic (exact) mass is 456 g/mol. The molecule has 7 heteroatoms. The molecule has 5 nitrogen and oxygen atoms in total.